The molecule has 6 heterocycles. The van der Waals surface area contributed by atoms with Gasteiger partial charge in [0.1, 0.15) is 45.3 Å². The molecule has 720 valence electrons. The van der Waals surface area contributed by atoms with Crippen molar-refractivity contribution in [2.75, 3.05) is 13.2 Å². The largest absolute Gasteiger partial charge is 2.00 e. The second-order valence-electron chi connectivity index (χ2n) is 31.4. The van der Waals surface area contributed by atoms with Crippen molar-refractivity contribution in [3.63, 3.8) is 0 Å². The number of halogens is 3. The van der Waals surface area contributed by atoms with Crippen molar-refractivity contribution in [2.24, 2.45) is 0 Å². The monoisotopic (exact) mass is 2180 g/mol. The first-order valence-electron chi connectivity index (χ1n) is 45.9. The van der Waals surface area contributed by atoms with Crippen LogP contribution in [0.3, 0.4) is 0 Å². The molecule has 3 fully saturated rings. The number of hydrogen-bond acceptors (Lipinski definition) is 1. The van der Waals surface area contributed by atoms with Gasteiger partial charge in [-0.2, -0.15) is 0 Å². The summed E-state index contributed by atoms with van der Waals surface area (Å²) in [6, 6.07) is 174. The van der Waals surface area contributed by atoms with Gasteiger partial charge in [-0.1, -0.05) is 467 Å². The predicted molar refractivity (Wildman–Crippen MR) is 615 cm³/mol. The zero-order chi connectivity index (χ0) is 90.9. The molecule has 3 aliphatic rings. The van der Waals surface area contributed by atoms with Gasteiger partial charge in [0, 0.05) is 50.4 Å². The quantitative estimate of drug-likeness (QED) is 0.0535. The first-order valence-corrected chi connectivity index (χ1v) is 55.2. The van der Waals surface area contributed by atoms with Gasteiger partial charge in [0.25, 0.3) is 0 Å². The summed E-state index contributed by atoms with van der Waals surface area (Å²) in [5.74, 6) is 0. The Bertz CT molecular complexity index is 4390. The topological polar surface area (TPSA) is 56.6 Å². The second-order valence-corrected chi connectivity index (χ2v) is 43.1. The normalized spacial score (nSPS) is 11.0. The molecule has 0 unspecified atom stereocenters. The van der Waals surface area contributed by atoms with Crippen LogP contribution >= 0.6 is 49.3 Å². The van der Waals surface area contributed by atoms with E-state index >= 15 is 0 Å². The van der Waals surface area contributed by atoms with Crippen molar-refractivity contribution >= 4 is 142 Å². The summed E-state index contributed by atoms with van der Waals surface area (Å²) in [7, 11) is 1.48. The van der Waals surface area contributed by atoms with Crippen LogP contribution in [0.1, 0.15) is 61.6 Å². The van der Waals surface area contributed by atoms with Crippen LogP contribution in [0.25, 0.3) is 0 Å². The molecule has 3 N–H and O–H groups in total. The fourth-order valence-electron chi connectivity index (χ4n) is 15.1. The molecular formula is C122H141B2Cl3Li4N3OP5Ru2+2. The van der Waals surface area contributed by atoms with Crippen molar-refractivity contribution in [2.45, 2.75) is 97.7 Å². The van der Waals surface area contributed by atoms with Gasteiger partial charge in [0.15, 0.2) is 0 Å². The zero-order valence-electron chi connectivity index (χ0n) is 85.9. The van der Waals surface area contributed by atoms with Gasteiger partial charge >= 0.3 is 122 Å². The Morgan fingerprint density at radius 2 is 0.352 bits per heavy atom. The Morgan fingerprint density at radius 1 is 0.225 bits per heavy atom. The number of aromatic amines is 3. The van der Waals surface area contributed by atoms with Gasteiger partial charge in [0.05, 0.1) is 15.8 Å². The number of H-pyrrole nitrogens is 3. The van der Waals surface area contributed by atoms with Crippen LogP contribution in [0.2, 0.25) is 38.9 Å². The number of rotatable bonds is 15. The Kier molecular flexibility index (Phi) is 84.9. The summed E-state index contributed by atoms with van der Waals surface area (Å²) in [5, 5.41) is 21.2. The average molecular weight is 2180 g/mol. The zero-order valence-corrected chi connectivity index (χ0v) is 94.3. The summed E-state index contributed by atoms with van der Waals surface area (Å²) >= 11 is 1.82. The van der Waals surface area contributed by atoms with Crippen LogP contribution in [0, 0.1) is 22.3 Å². The molecular weight excluding hydrogens is 2040 g/mol. The molecule has 18 aromatic rings. The van der Waals surface area contributed by atoms with Gasteiger partial charge in [-0.05, 0) is 194 Å². The molecule has 3 aromatic heterocycles. The summed E-state index contributed by atoms with van der Waals surface area (Å²) in [5.41, 5.74) is 0. The predicted octanol–water partition coefficient (Wildman–Crippen LogP) is 10.0. The van der Waals surface area contributed by atoms with Crippen LogP contribution in [-0.4, -0.2) is 41.6 Å². The number of benzene rings is 15. The number of aromatic nitrogens is 3. The maximum Gasteiger partial charge on any atom is 2.00 e. The minimum absolute atomic E-state index is 0. The SMILES string of the molecule is C.C1CCOC1.CB1CCCCC1.CB1CCCCC1.[CH3-].[CH3-].[CH3-].[Cl-].[Cl-].[Cl][Ru+].[H-].[H-].[Li+].[Li+].[Li+].[Li+].[Ru+2].c1cc[nH]c1.c1cc[nH]c1.c1cc[nH]c1.c1ccc(P(c2ccccc2)c2ccccc2)cc1.c1ccc(P(c2ccccc2)c2ccccc2)cc1.c1ccc(P(c2ccccc2)c2ccccc2)cc1.c1ccc([PH+](c2ccccc2)c2ccccc2)cc1.c1ccc([PH+](c2ccccc2)c2ccccc2)cc1. The Labute approximate surface area is 953 Å². The van der Waals surface area contributed by atoms with E-state index in [1.807, 2.05) is 90.9 Å². The molecule has 15 aromatic carbocycles. The maximum absolute atomic E-state index is 4.94. The summed E-state index contributed by atoms with van der Waals surface area (Å²) in [6.07, 6.45) is 28.7. The molecule has 3 saturated heterocycles. The molecule has 3 aliphatic heterocycles. The first kappa shape index (κ1) is 137. The van der Waals surface area contributed by atoms with E-state index in [-0.39, 0.29) is 152 Å². The Hall–Kier alpha value is -7.11. The van der Waals surface area contributed by atoms with E-state index in [1.165, 1.54) is 156 Å². The molecule has 0 aliphatic carbocycles. The van der Waals surface area contributed by atoms with Gasteiger partial charge in [-0.25, -0.2) is 0 Å². The minimum Gasteiger partial charge on any atom is -1.00 e. The minimum atomic E-state index is -0.877. The molecule has 0 amide bonds. The van der Waals surface area contributed by atoms with Gasteiger partial charge < -0.3 is 69.6 Å². The van der Waals surface area contributed by atoms with Crippen LogP contribution < -0.4 is 180 Å². The molecule has 0 bridgehead atoms. The molecule has 21 rings (SSSR count). The van der Waals surface area contributed by atoms with E-state index in [0.29, 0.717) is 0 Å². The van der Waals surface area contributed by atoms with Crippen molar-refractivity contribution in [1.82, 2.24) is 15.0 Å². The number of hydrogen-bond donors (Lipinski definition) is 3. The van der Waals surface area contributed by atoms with Gasteiger partial charge in [0.2, 0.25) is 0 Å². The molecule has 142 heavy (non-hydrogen) atoms. The van der Waals surface area contributed by atoms with E-state index in [1.54, 1.807) is 0 Å². The van der Waals surface area contributed by atoms with Crippen LogP contribution in [0.5, 0.6) is 0 Å². The molecule has 0 atom stereocenters. The molecule has 4 nitrogen and oxygen atoms in total. The summed E-state index contributed by atoms with van der Waals surface area (Å²) < 4.78 is 4.94. The fraction of sp³-hybridized carbons (Fsp3) is 0.139. The van der Waals surface area contributed by atoms with Crippen molar-refractivity contribution < 1.29 is 145 Å². The van der Waals surface area contributed by atoms with Crippen LogP contribution in [0.4, 0.5) is 0 Å². The van der Waals surface area contributed by atoms with E-state index in [4.69, 9.17) is 4.74 Å². The van der Waals surface area contributed by atoms with E-state index in [9.17, 15) is 0 Å². The standard InChI is InChI=1S/5C18H15P.2C6H13B.3C4H5N.C4H8O.CH4.3CH3.3ClH.4Li.2Ru.2H/c5*1-4-10-16(11-5-1)19(17-12-6-2-7-13-17)18-14-8-3-9-15-18;2*1-7-5-3-2-4-6-7;4*1-2-4-5-3-1;;;;;;;;;;;;;;;/h5*1-15H;2*2-6H2,1H3;3*1-5H;1-4H2;1H4;3*1H3;3*1H;;;;;;;;/q;;;;;;;;;;;;3*-1;;;;4*+1;2*+2;2*-1/p-1. The number of nitrogens with one attached hydrogen (secondary N) is 3. The average Bonchev–Trinajstić information content (AvgIpc) is 1.28. The van der Waals surface area contributed by atoms with Crippen LogP contribution in [-0.2, 0) is 41.5 Å². The molecule has 20 heteroatoms. The third kappa shape index (κ3) is 53.0. The van der Waals surface area contributed by atoms with Crippen molar-refractivity contribution in [3.05, 3.63) is 551 Å². The van der Waals surface area contributed by atoms with Crippen molar-refractivity contribution in [3.8, 4) is 0 Å². The third-order valence-corrected chi connectivity index (χ3v) is 34.4. The van der Waals surface area contributed by atoms with E-state index < -0.39 is 39.6 Å². The maximum atomic E-state index is 4.94. The third-order valence-electron chi connectivity index (χ3n) is 21.6. The molecule has 0 radical (unpaired) electrons. The fourth-order valence-corrected chi connectivity index (χ4v) is 27.2. The van der Waals surface area contributed by atoms with E-state index in [2.05, 4.69) is 493 Å². The summed E-state index contributed by atoms with van der Waals surface area (Å²) in [6.45, 7) is 8.79. The van der Waals surface area contributed by atoms with Crippen molar-refractivity contribution in [1.29, 1.82) is 0 Å². The summed E-state index contributed by atoms with van der Waals surface area (Å²) in [4.78, 5) is 8.58. The smallest absolute Gasteiger partial charge is 1.00 e. The number of ether oxygens (including phenoxy) is 1. The molecule has 0 saturated carbocycles. The van der Waals surface area contributed by atoms with E-state index in [0.717, 1.165) is 26.6 Å². The van der Waals surface area contributed by atoms with Gasteiger partial charge in [-0.3, -0.25) is 0 Å². The Morgan fingerprint density at radius 3 is 0.444 bits per heavy atom. The van der Waals surface area contributed by atoms with Crippen LogP contribution in [0.15, 0.2) is 529 Å². The Balaban J connectivity index is -0.000000765. The van der Waals surface area contributed by atoms with Gasteiger partial charge in [-0.15, -0.1) is 0 Å². The first-order chi connectivity index (χ1) is 65.0. The molecule has 0 spiro atoms. The second kappa shape index (κ2) is 88.0.